The van der Waals surface area contributed by atoms with E-state index in [-0.39, 0.29) is 0 Å². The minimum atomic E-state index is -0.803. The summed E-state index contributed by atoms with van der Waals surface area (Å²) in [5, 5.41) is 0. The summed E-state index contributed by atoms with van der Waals surface area (Å²) in [7, 11) is 0. The Kier molecular flexibility index (Phi) is 2.98. The van der Waals surface area contributed by atoms with Gasteiger partial charge in [-0.05, 0) is 0 Å². The van der Waals surface area contributed by atoms with Crippen LogP contribution in [0.15, 0.2) is 40.5 Å². The summed E-state index contributed by atoms with van der Waals surface area (Å²) in [5.41, 5.74) is 0. The van der Waals surface area contributed by atoms with Crippen molar-refractivity contribution in [3.63, 3.8) is 0 Å². The molecule has 0 radical (unpaired) electrons. The van der Waals surface area contributed by atoms with E-state index in [0.29, 0.717) is 0 Å². The van der Waals surface area contributed by atoms with Gasteiger partial charge in [-0.3, -0.25) is 0 Å². The van der Waals surface area contributed by atoms with Gasteiger partial charge in [0.05, 0.1) is 0 Å². The van der Waals surface area contributed by atoms with Gasteiger partial charge in [0.15, 0.2) is 0 Å². The second-order valence-electron chi connectivity index (χ2n) is 1.98. The predicted octanol–water partition coefficient (Wildman–Crippen LogP) is 1.54. The van der Waals surface area contributed by atoms with E-state index in [0.717, 1.165) is 0 Å². The van der Waals surface area contributed by atoms with Gasteiger partial charge in [-0.15, -0.1) is 0 Å². The monoisotopic (exact) mass is 306 g/mol. The standard InChI is InChI=1S/C6H5.C2H3.Hg/c1-2-4-6-5-3-1;1-2;/h1-5H;1H,2H2;. The maximum atomic E-state index is 3.75. The SMILES string of the molecule is C=[CH][Hg][c]1ccccc1. The van der Waals surface area contributed by atoms with E-state index in [1.165, 1.54) is 0 Å². The number of rotatable bonds is 2. The molecule has 1 rings (SSSR count). The van der Waals surface area contributed by atoms with Crippen molar-refractivity contribution in [2.24, 2.45) is 0 Å². The molecule has 0 aromatic heterocycles. The van der Waals surface area contributed by atoms with Crippen molar-refractivity contribution in [3.8, 4) is 0 Å². The van der Waals surface area contributed by atoms with E-state index in [2.05, 4.69) is 40.5 Å². The van der Waals surface area contributed by atoms with Crippen molar-refractivity contribution >= 4 is 3.07 Å². The van der Waals surface area contributed by atoms with Gasteiger partial charge in [0.25, 0.3) is 0 Å². The summed E-state index contributed by atoms with van der Waals surface area (Å²) in [6.07, 6.45) is 0. The third-order valence-corrected chi connectivity index (χ3v) is 6.01. The van der Waals surface area contributed by atoms with Gasteiger partial charge in [-0.25, -0.2) is 0 Å². The molecule has 0 atom stereocenters. The average Bonchev–Trinajstić information content (AvgIpc) is 1.91. The van der Waals surface area contributed by atoms with Gasteiger partial charge in [-0.2, -0.15) is 0 Å². The summed E-state index contributed by atoms with van der Waals surface area (Å²) in [6, 6.07) is 10.6. The second kappa shape index (κ2) is 3.83. The first kappa shape index (κ1) is 7.01. The number of hydrogen-bond donors (Lipinski definition) is 0. The average molecular weight is 305 g/mol. The molecular weight excluding hydrogens is 297 g/mol. The van der Waals surface area contributed by atoms with Gasteiger partial charge < -0.3 is 0 Å². The zero-order valence-electron chi connectivity index (χ0n) is 5.38. The van der Waals surface area contributed by atoms with Crippen LogP contribution in [0.4, 0.5) is 0 Å². The molecule has 0 fully saturated rings. The summed E-state index contributed by atoms with van der Waals surface area (Å²) < 4.78 is 3.68. The van der Waals surface area contributed by atoms with Crippen molar-refractivity contribution in [1.82, 2.24) is 0 Å². The zero-order chi connectivity index (χ0) is 6.53. The van der Waals surface area contributed by atoms with Crippen LogP contribution in [0.5, 0.6) is 0 Å². The Morgan fingerprint density at radius 3 is 2.44 bits per heavy atom. The molecule has 42 valence electrons. The maximum absolute atomic E-state index is 3.75. The fourth-order valence-corrected chi connectivity index (χ4v) is 4.19. The van der Waals surface area contributed by atoms with Crippen molar-refractivity contribution < 1.29 is 24.6 Å². The molecule has 0 heterocycles. The summed E-state index contributed by atoms with van der Waals surface area (Å²) in [4.78, 5) is 0. The molecule has 0 spiro atoms. The third kappa shape index (κ3) is 2.31. The molecule has 0 bridgehead atoms. The van der Waals surface area contributed by atoms with Gasteiger partial charge in [0, 0.05) is 0 Å². The van der Waals surface area contributed by atoms with E-state index in [4.69, 9.17) is 0 Å². The van der Waals surface area contributed by atoms with Crippen LogP contribution in [0, 0.1) is 0 Å². The van der Waals surface area contributed by atoms with Crippen molar-refractivity contribution in [2.45, 2.75) is 0 Å². The topological polar surface area (TPSA) is 0 Å². The Labute approximate surface area is 68.0 Å². The van der Waals surface area contributed by atoms with Gasteiger partial charge >= 0.3 is 68.1 Å². The van der Waals surface area contributed by atoms with Crippen LogP contribution in [0.2, 0.25) is 0 Å². The van der Waals surface area contributed by atoms with Crippen LogP contribution in [0.3, 0.4) is 0 Å². The summed E-state index contributed by atoms with van der Waals surface area (Å²) in [6.45, 7) is 3.75. The van der Waals surface area contributed by atoms with Crippen molar-refractivity contribution in [1.29, 1.82) is 0 Å². The molecule has 0 aliphatic heterocycles. The van der Waals surface area contributed by atoms with Crippen molar-refractivity contribution in [2.75, 3.05) is 0 Å². The molecule has 1 heteroatoms. The first-order chi connectivity index (χ1) is 4.43. The molecule has 1 aromatic carbocycles. The van der Waals surface area contributed by atoms with Crippen LogP contribution >= 0.6 is 0 Å². The summed E-state index contributed by atoms with van der Waals surface area (Å²) >= 11 is -0.803. The molecule has 0 saturated carbocycles. The van der Waals surface area contributed by atoms with Crippen molar-refractivity contribution in [3.05, 3.63) is 40.5 Å². The quantitative estimate of drug-likeness (QED) is 0.727. The zero-order valence-corrected chi connectivity index (χ0v) is 10.9. The molecule has 0 nitrogen and oxygen atoms in total. The molecule has 0 saturated heterocycles. The molecule has 0 amide bonds. The fraction of sp³-hybridized carbons (Fsp3) is 0. The molecule has 0 aliphatic rings. The first-order valence-corrected chi connectivity index (χ1v) is 9.00. The van der Waals surface area contributed by atoms with Gasteiger partial charge in [0.1, 0.15) is 0 Å². The molecule has 0 unspecified atom stereocenters. The van der Waals surface area contributed by atoms with Crippen LogP contribution in [-0.4, -0.2) is 0 Å². The Balaban J connectivity index is 2.72. The van der Waals surface area contributed by atoms with E-state index < -0.39 is 24.6 Å². The Bertz CT molecular complexity index is 179. The minimum absolute atomic E-state index is 0.803. The van der Waals surface area contributed by atoms with E-state index in [9.17, 15) is 0 Å². The van der Waals surface area contributed by atoms with Crippen LogP contribution in [0.1, 0.15) is 0 Å². The van der Waals surface area contributed by atoms with Crippen LogP contribution in [0.25, 0.3) is 0 Å². The van der Waals surface area contributed by atoms with Crippen LogP contribution in [-0.2, 0) is 24.6 Å². The number of hydrogen-bond acceptors (Lipinski definition) is 0. The second-order valence-corrected chi connectivity index (χ2v) is 8.98. The first-order valence-electron chi connectivity index (χ1n) is 3.08. The normalized spacial score (nSPS) is 8.00. The number of benzene rings is 1. The predicted molar refractivity (Wildman–Crippen MR) is 36.3 cm³/mol. The summed E-state index contributed by atoms with van der Waals surface area (Å²) in [5.74, 6) is 0. The van der Waals surface area contributed by atoms with Crippen LogP contribution < -0.4 is 3.07 Å². The third-order valence-electron chi connectivity index (χ3n) is 1.22. The Morgan fingerprint density at radius 2 is 1.89 bits per heavy atom. The van der Waals surface area contributed by atoms with Gasteiger partial charge in [-0.1, -0.05) is 0 Å². The van der Waals surface area contributed by atoms with Gasteiger partial charge in [0.2, 0.25) is 0 Å². The molecule has 0 N–H and O–H groups in total. The van der Waals surface area contributed by atoms with E-state index in [1.54, 1.807) is 3.07 Å². The Hall–Kier alpha value is -0.105. The Morgan fingerprint density at radius 1 is 1.22 bits per heavy atom. The molecule has 9 heavy (non-hydrogen) atoms. The van der Waals surface area contributed by atoms with E-state index >= 15 is 0 Å². The molecule has 0 aliphatic carbocycles. The van der Waals surface area contributed by atoms with E-state index in [1.807, 2.05) is 0 Å². The molecular formula is C8H8Hg. The fourth-order valence-electron chi connectivity index (χ4n) is 0.781. The molecule has 1 aromatic rings.